The highest BCUT2D eigenvalue weighted by atomic mass is 16.5. The van der Waals surface area contributed by atoms with Crippen molar-refractivity contribution in [2.45, 2.75) is 40.0 Å². The van der Waals surface area contributed by atoms with Gasteiger partial charge in [-0.2, -0.15) is 0 Å². The molecular weight excluding hydrogens is 140 g/mol. The Balaban J connectivity index is 0. The van der Waals surface area contributed by atoms with Gasteiger partial charge in [0.25, 0.3) is 0 Å². The number of hydrogen-bond donors (Lipinski definition) is 0. The number of unbranched alkanes of at least 4 members (excludes halogenated alkanes) is 1. The van der Waals surface area contributed by atoms with Crippen molar-refractivity contribution in [3.05, 3.63) is 0 Å². The van der Waals surface area contributed by atoms with Crippen molar-refractivity contribution in [2.24, 2.45) is 0 Å². The molecule has 0 unspecified atom stereocenters. The van der Waals surface area contributed by atoms with E-state index in [0.717, 1.165) is 6.61 Å². The van der Waals surface area contributed by atoms with E-state index in [1.165, 1.54) is 12.8 Å². The van der Waals surface area contributed by atoms with Gasteiger partial charge in [0.15, 0.2) is 0 Å². The Bertz CT molecular complexity index is 75.6. The molecule has 0 aromatic rings. The summed E-state index contributed by atoms with van der Waals surface area (Å²) in [4.78, 5) is 9.81. The second-order valence-electron chi connectivity index (χ2n) is 2.40. The Kier molecular flexibility index (Phi) is 14.8. The third-order valence-electron chi connectivity index (χ3n) is 1.20. The van der Waals surface area contributed by atoms with Crippen LogP contribution in [0, 0.1) is 0 Å². The highest BCUT2D eigenvalue weighted by Crippen LogP contribution is 1.83. The zero-order valence-electron chi connectivity index (χ0n) is 8.14. The minimum atomic E-state index is 0.255. The first kappa shape index (κ1) is 13.2. The molecule has 2 heteroatoms. The molecule has 0 N–H and O–H groups in total. The third kappa shape index (κ3) is 26.2. The number of ether oxygens (including phenoxy) is 1. The molecule has 11 heavy (non-hydrogen) atoms. The zero-order chi connectivity index (χ0) is 9.11. The topological polar surface area (TPSA) is 26.3 Å². The Morgan fingerprint density at radius 3 is 1.91 bits per heavy atom. The summed E-state index contributed by atoms with van der Waals surface area (Å²) in [5.74, 6) is 0.255. The van der Waals surface area contributed by atoms with E-state index in [1.54, 1.807) is 14.0 Å². The molecule has 2 nitrogen and oxygen atoms in total. The molecule has 0 heterocycles. The minimum Gasteiger partial charge on any atom is -0.385 e. The molecule has 0 rings (SSSR count). The molecule has 0 saturated heterocycles. The van der Waals surface area contributed by atoms with Crippen LogP contribution >= 0.6 is 0 Å². The number of carbonyl (C=O) groups excluding carboxylic acids is 1. The lowest BCUT2D eigenvalue weighted by Crippen LogP contribution is -1.84. The molecule has 0 radical (unpaired) electrons. The first-order chi connectivity index (χ1) is 5.18. The second kappa shape index (κ2) is 12.3. The van der Waals surface area contributed by atoms with Crippen LogP contribution in [-0.4, -0.2) is 19.5 Å². The van der Waals surface area contributed by atoms with Crippen LogP contribution in [0.5, 0.6) is 0 Å². The maximum Gasteiger partial charge on any atom is 0.129 e. The maximum absolute atomic E-state index is 9.81. The van der Waals surface area contributed by atoms with E-state index in [4.69, 9.17) is 4.74 Å². The van der Waals surface area contributed by atoms with Crippen molar-refractivity contribution in [1.29, 1.82) is 0 Å². The molecule has 0 atom stereocenters. The van der Waals surface area contributed by atoms with Crippen LogP contribution in [-0.2, 0) is 9.53 Å². The standard InChI is InChI=1S/C5H12O.C4H8O/c1-3-4-5-6-2;1-3-4(2)5/h3-5H2,1-2H3;3H2,1-2H3. The van der Waals surface area contributed by atoms with Gasteiger partial charge in [0.2, 0.25) is 0 Å². The molecule has 0 aliphatic rings. The van der Waals surface area contributed by atoms with Crippen LogP contribution in [0.25, 0.3) is 0 Å². The van der Waals surface area contributed by atoms with E-state index in [9.17, 15) is 4.79 Å². The fraction of sp³-hybridized carbons (Fsp3) is 0.889. The number of Topliss-reactive ketones (excluding diaryl/α,β-unsaturated/α-hetero) is 1. The van der Waals surface area contributed by atoms with Crippen molar-refractivity contribution in [3.63, 3.8) is 0 Å². The number of rotatable bonds is 4. The summed E-state index contributed by atoms with van der Waals surface area (Å²) < 4.78 is 4.78. The molecule has 0 spiro atoms. The van der Waals surface area contributed by atoms with Gasteiger partial charge in [-0.3, -0.25) is 0 Å². The molecular formula is C9H20O2. The van der Waals surface area contributed by atoms with E-state index in [-0.39, 0.29) is 5.78 Å². The van der Waals surface area contributed by atoms with Gasteiger partial charge in [-0.25, -0.2) is 0 Å². The summed E-state index contributed by atoms with van der Waals surface area (Å²) in [6, 6.07) is 0. The van der Waals surface area contributed by atoms with Gasteiger partial charge < -0.3 is 9.53 Å². The van der Waals surface area contributed by atoms with Gasteiger partial charge >= 0.3 is 0 Å². The Labute approximate surface area is 69.9 Å². The lowest BCUT2D eigenvalue weighted by Gasteiger charge is -1.89. The summed E-state index contributed by atoms with van der Waals surface area (Å²) in [5.41, 5.74) is 0. The average molecular weight is 160 g/mol. The minimum absolute atomic E-state index is 0.255. The average Bonchev–Trinajstić information content (AvgIpc) is 2.02. The highest BCUT2D eigenvalue weighted by molar-refractivity contribution is 5.74. The predicted molar refractivity (Wildman–Crippen MR) is 47.8 cm³/mol. The lowest BCUT2D eigenvalue weighted by molar-refractivity contribution is -0.116. The monoisotopic (exact) mass is 160 g/mol. The maximum atomic E-state index is 9.81. The molecule has 0 saturated carbocycles. The Morgan fingerprint density at radius 1 is 1.36 bits per heavy atom. The molecule has 0 aliphatic heterocycles. The van der Waals surface area contributed by atoms with Crippen LogP contribution in [0.2, 0.25) is 0 Å². The van der Waals surface area contributed by atoms with Crippen LogP contribution in [0.4, 0.5) is 0 Å². The summed E-state index contributed by atoms with van der Waals surface area (Å²) in [5, 5.41) is 0. The smallest absolute Gasteiger partial charge is 0.129 e. The second-order valence-corrected chi connectivity index (χ2v) is 2.40. The third-order valence-corrected chi connectivity index (χ3v) is 1.20. The van der Waals surface area contributed by atoms with E-state index < -0.39 is 0 Å². The number of ketones is 1. The van der Waals surface area contributed by atoms with Crippen molar-refractivity contribution in [2.75, 3.05) is 13.7 Å². The number of carbonyl (C=O) groups is 1. The summed E-state index contributed by atoms with van der Waals surface area (Å²) in [7, 11) is 1.73. The summed E-state index contributed by atoms with van der Waals surface area (Å²) >= 11 is 0. The van der Waals surface area contributed by atoms with Gasteiger partial charge in [0, 0.05) is 20.1 Å². The van der Waals surface area contributed by atoms with Gasteiger partial charge in [0.1, 0.15) is 5.78 Å². The predicted octanol–water partition coefficient (Wildman–Crippen LogP) is 2.42. The van der Waals surface area contributed by atoms with Crippen LogP contribution in [0.15, 0.2) is 0 Å². The Morgan fingerprint density at radius 2 is 1.82 bits per heavy atom. The summed E-state index contributed by atoms with van der Waals surface area (Å²) in [6.07, 6.45) is 3.09. The van der Waals surface area contributed by atoms with Crippen molar-refractivity contribution < 1.29 is 9.53 Å². The highest BCUT2D eigenvalue weighted by Gasteiger charge is 1.77. The van der Waals surface area contributed by atoms with Gasteiger partial charge in [0.05, 0.1) is 0 Å². The molecule has 0 amide bonds. The fourth-order valence-electron chi connectivity index (χ4n) is 0.289. The zero-order valence-corrected chi connectivity index (χ0v) is 8.14. The van der Waals surface area contributed by atoms with Gasteiger partial charge in [-0.05, 0) is 13.3 Å². The molecule has 68 valence electrons. The van der Waals surface area contributed by atoms with Crippen molar-refractivity contribution in [3.8, 4) is 0 Å². The SMILES string of the molecule is CCC(C)=O.CCCCOC. The van der Waals surface area contributed by atoms with E-state index >= 15 is 0 Å². The quantitative estimate of drug-likeness (QED) is 0.590. The number of hydrogen-bond acceptors (Lipinski definition) is 2. The first-order valence-electron chi connectivity index (χ1n) is 4.17. The van der Waals surface area contributed by atoms with Crippen molar-refractivity contribution >= 4 is 5.78 Å². The van der Waals surface area contributed by atoms with Crippen molar-refractivity contribution in [1.82, 2.24) is 0 Å². The van der Waals surface area contributed by atoms with E-state index in [1.807, 2.05) is 6.92 Å². The molecule has 0 aromatic carbocycles. The fourth-order valence-corrected chi connectivity index (χ4v) is 0.289. The lowest BCUT2D eigenvalue weighted by atomic mass is 10.4. The Hall–Kier alpha value is -0.370. The first-order valence-corrected chi connectivity index (χ1v) is 4.17. The number of methoxy groups -OCH3 is 1. The van der Waals surface area contributed by atoms with Gasteiger partial charge in [-0.15, -0.1) is 0 Å². The molecule has 0 aliphatic carbocycles. The molecule has 0 aromatic heterocycles. The van der Waals surface area contributed by atoms with Crippen LogP contribution < -0.4 is 0 Å². The van der Waals surface area contributed by atoms with Crippen LogP contribution in [0.1, 0.15) is 40.0 Å². The van der Waals surface area contributed by atoms with E-state index in [2.05, 4.69) is 6.92 Å². The van der Waals surface area contributed by atoms with E-state index in [0.29, 0.717) is 6.42 Å². The summed E-state index contributed by atoms with van der Waals surface area (Å²) in [6.45, 7) is 6.50. The van der Waals surface area contributed by atoms with Gasteiger partial charge in [-0.1, -0.05) is 20.3 Å². The molecule has 0 bridgehead atoms. The normalized spacial score (nSPS) is 8.36. The largest absolute Gasteiger partial charge is 0.385 e. The molecule has 0 fully saturated rings. The van der Waals surface area contributed by atoms with Crippen LogP contribution in [0.3, 0.4) is 0 Å².